The number of hydrogen-bond donors (Lipinski definition) is 2. The number of carboxylic acids is 1. The fraction of sp³-hybridized carbons (Fsp3) is 0.323. The molecule has 0 amide bonds. The Kier molecular flexibility index (Phi) is 10.8. The second kappa shape index (κ2) is 14.4. The zero-order valence-corrected chi connectivity index (χ0v) is 22.8. The summed E-state index contributed by atoms with van der Waals surface area (Å²) in [4.78, 5) is 23.6. The van der Waals surface area contributed by atoms with Crippen molar-refractivity contribution in [1.82, 2.24) is 0 Å². The highest BCUT2D eigenvalue weighted by Crippen LogP contribution is 2.33. The van der Waals surface area contributed by atoms with Gasteiger partial charge in [-0.05, 0) is 67.4 Å². The van der Waals surface area contributed by atoms with E-state index in [0.29, 0.717) is 65.7 Å². The number of ketones is 1. The van der Waals surface area contributed by atoms with Crippen molar-refractivity contribution in [3.05, 3.63) is 76.9 Å². The van der Waals surface area contributed by atoms with Gasteiger partial charge in [0.15, 0.2) is 23.4 Å². The van der Waals surface area contributed by atoms with Gasteiger partial charge in [0.2, 0.25) is 0 Å². The standard InChI is InChI=1S/C31H33NO8/c1-4-6-25-26(14-12-24(20(2)33)30(25)34)38-15-5-16-39-28-17-22(9-13-27(28)37-3)18-29(31(35)36)40-23-10-7-21(19-32)8-11-23/h7-14,17,29,34H,4-6,15-16,18H2,1-3H3,(H,35,36). The average molecular weight is 548 g/mol. The number of methoxy groups -OCH3 is 1. The molecule has 0 aromatic heterocycles. The molecule has 0 heterocycles. The predicted octanol–water partition coefficient (Wildman–Crippen LogP) is 5.35. The molecule has 9 nitrogen and oxygen atoms in total. The Hall–Kier alpha value is -4.71. The number of phenolic OH excluding ortho intramolecular Hbond substituents is 1. The number of carbonyl (C=O) groups excluding carboxylic acids is 1. The molecule has 9 heteroatoms. The smallest absolute Gasteiger partial charge is 0.345 e. The van der Waals surface area contributed by atoms with E-state index in [0.717, 1.165) is 6.42 Å². The molecular formula is C31H33NO8. The van der Waals surface area contributed by atoms with Crippen LogP contribution in [0, 0.1) is 11.3 Å². The summed E-state index contributed by atoms with van der Waals surface area (Å²) >= 11 is 0. The monoisotopic (exact) mass is 547 g/mol. The number of nitriles is 1. The number of aromatic hydroxyl groups is 1. The molecule has 0 bridgehead atoms. The fourth-order valence-electron chi connectivity index (χ4n) is 4.08. The first-order valence-electron chi connectivity index (χ1n) is 12.9. The largest absolute Gasteiger partial charge is 0.507 e. The lowest BCUT2D eigenvalue weighted by atomic mass is 10.0. The van der Waals surface area contributed by atoms with Crippen molar-refractivity contribution < 1.29 is 38.7 Å². The van der Waals surface area contributed by atoms with Crippen molar-refractivity contribution in [1.29, 1.82) is 5.26 Å². The van der Waals surface area contributed by atoms with Gasteiger partial charge in [0.05, 0.1) is 37.5 Å². The van der Waals surface area contributed by atoms with Gasteiger partial charge in [-0.25, -0.2) is 4.79 Å². The number of phenols is 1. The van der Waals surface area contributed by atoms with Crippen LogP contribution in [0.5, 0.6) is 28.7 Å². The van der Waals surface area contributed by atoms with Crippen molar-refractivity contribution in [3.8, 4) is 34.8 Å². The van der Waals surface area contributed by atoms with E-state index >= 15 is 0 Å². The van der Waals surface area contributed by atoms with Crippen LogP contribution in [0.2, 0.25) is 0 Å². The van der Waals surface area contributed by atoms with Crippen LogP contribution in [-0.2, 0) is 17.6 Å². The number of aliphatic carboxylic acids is 1. The van der Waals surface area contributed by atoms with E-state index < -0.39 is 12.1 Å². The minimum atomic E-state index is -1.15. The van der Waals surface area contributed by atoms with Gasteiger partial charge >= 0.3 is 5.97 Å². The van der Waals surface area contributed by atoms with Crippen LogP contribution < -0.4 is 18.9 Å². The lowest BCUT2D eigenvalue weighted by Gasteiger charge is -2.17. The third-order valence-electron chi connectivity index (χ3n) is 6.11. The van der Waals surface area contributed by atoms with Gasteiger partial charge in [-0.15, -0.1) is 0 Å². The highest BCUT2D eigenvalue weighted by atomic mass is 16.5. The molecule has 1 atom stereocenters. The van der Waals surface area contributed by atoms with Crippen molar-refractivity contribution in [3.63, 3.8) is 0 Å². The Bertz CT molecular complexity index is 1360. The van der Waals surface area contributed by atoms with Gasteiger partial charge in [-0.2, -0.15) is 5.26 Å². The number of nitrogens with zero attached hydrogens (tertiary/aromatic N) is 1. The van der Waals surface area contributed by atoms with Gasteiger partial charge in [-0.1, -0.05) is 19.4 Å². The fourth-order valence-corrected chi connectivity index (χ4v) is 4.08. The highest BCUT2D eigenvalue weighted by Gasteiger charge is 2.21. The minimum Gasteiger partial charge on any atom is -0.507 e. The highest BCUT2D eigenvalue weighted by molar-refractivity contribution is 5.97. The first-order chi connectivity index (χ1) is 19.3. The molecule has 3 aromatic carbocycles. The molecule has 1 unspecified atom stereocenters. The summed E-state index contributed by atoms with van der Waals surface area (Å²) in [5.41, 5.74) is 2.02. The van der Waals surface area contributed by atoms with Gasteiger partial charge in [0.25, 0.3) is 0 Å². The number of carbonyl (C=O) groups is 2. The van der Waals surface area contributed by atoms with E-state index in [2.05, 4.69) is 0 Å². The Labute approximate surface area is 233 Å². The molecule has 2 N–H and O–H groups in total. The third kappa shape index (κ3) is 7.90. The molecule has 0 saturated heterocycles. The van der Waals surface area contributed by atoms with Gasteiger partial charge in [0, 0.05) is 18.4 Å². The molecule has 210 valence electrons. The third-order valence-corrected chi connectivity index (χ3v) is 6.11. The molecule has 0 radical (unpaired) electrons. The number of ether oxygens (including phenoxy) is 4. The summed E-state index contributed by atoms with van der Waals surface area (Å²) in [6.07, 6.45) is 0.818. The summed E-state index contributed by atoms with van der Waals surface area (Å²) in [5, 5.41) is 29.1. The maximum Gasteiger partial charge on any atom is 0.345 e. The molecule has 0 aliphatic carbocycles. The molecule has 0 fully saturated rings. The first kappa shape index (κ1) is 29.8. The minimum absolute atomic E-state index is 0.0347. The van der Waals surface area contributed by atoms with E-state index in [1.165, 1.54) is 14.0 Å². The van der Waals surface area contributed by atoms with E-state index in [-0.39, 0.29) is 23.5 Å². The Balaban J connectivity index is 1.61. The second-order valence-electron chi connectivity index (χ2n) is 9.07. The normalized spacial score (nSPS) is 11.2. The molecule has 0 aliphatic heterocycles. The first-order valence-corrected chi connectivity index (χ1v) is 12.9. The van der Waals surface area contributed by atoms with Crippen LogP contribution in [0.15, 0.2) is 54.6 Å². The zero-order chi connectivity index (χ0) is 29.1. The SMILES string of the molecule is CCCc1c(OCCCOc2cc(CC(Oc3ccc(C#N)cc3)C(=O)O)ccc2OC)ccc(C(C)=O)c1O. The van der Waals surface area contributed by atoms with E-state index in [1.54, 1.807) is 54.6 Å². The summed E-state index contributed by atoms with van der Waals surface area (Å²) in [7, 11) is 1.52. The molecule has 3 rings (SSSR count). The van der Waals surface area contributed by atoms with Crippen LogP contribution in [-0.4, -0.2) is 48.4 Å². The number of Topliss-reactive ketones (excluding diaryl/α,β-unsaturated/α-hetero) is 1. The summed E-state index contributed by atoms with van der Waals surface area (Å²) < 4.78 is 22.9. The zero-order valence-electron chi connectivity index (χ0n) is 22.8. The van der Waals surface area contributed by atoms with Gasteiger partial charge in [0.1, 0.15) is 17.2 Å². The number of carboxylic acid groups (broad SMARTS) is 1. The Morgan fingerprint density at radius 3 is 2.25 bits per heavy atom. The summed E-state index contributed by atoms with van der Waals surface area (Å²) in [5.74, 6) is 0.476. The van der Waals surface area contributed by atoms with Crippen molar-refractivity contribution in [2.45, 2.75) is 45.6 Å². The van der Waals surface area contributed by atoms with E-state index in [4.69, 9.17) is 24.2 Å². The quantitative estimate of drug-likeness (QED) is 0.191. The van der Waals surface area contributed by atoms with Crippen LogP contribution in [0.1, 0.15) is 53.7 Å². The molecule has 3 aromatic rings. The maximum absolute atomic E-state index is 11.9. The number of benzene rings is 3. The lowest BCUT2D eigenvalue weighted by molar-refractivity contribution is -0.145. The lowest BCUT2D eigenvalue weighted by Crippen LogP contribution is -2.29. The summed E-state index contributed by atoms with van der Waals surface area (Å²) in [6.45, 7) is 4.01. The molecular weight excluding hydrogens is 514 g/mol. The van der Waals surface area contributed by atoms with Gasteiger partial charge in [-0.3, -0.25) is 4.79 Å². The van der Waals surface area contributed by atoms with Crippen LogP contribution in [0.25, 0.3) is 0 Å². The Morgan fingerprint density at radius 2 is 1.65 bits per heavy atom. The molecule has 0 spiro atoms. The van der Waals surface area contributed by atoms with Crippen molar-refractivity contribution in [2.75, 3.05) is 20.3 Å². The molecule has 0 aliphatic rings. The van der Waals surface area contributed by atoms with Crippen molar-refractivity contribution >= 4 is 11.8 Å². The second-order valence-corrected chi connectivity index (χ2v) is 9.07. The molecule has 0 saturated carbocycles. The number of rotatable bonds is 15. The van der Waals surface area contributed by atoms with Crippen LogP contribution >= 0.6 is 0 Å². The van der Waals surface area contributed by atoms with Gasteiger partial charge < -0.3 is 29.2 Å². The van der Waals surface area contributed by atoms with Crippen LogP contribution in [0.4, 0.5) is 0 Å². The Morgan fingerprint density at radius 1 is 0.975 bits per heavy atom. The predicted molar refractivity (Wildman–Crippen MR) is 148 cm³/mol. The molecule has 40 heavy (non-hydrogen) atoms. The summed E-state index contributed by atoms with van der Waals surface area (Å²) in [6, 6.07) is 16.7. The topological polar surface area (TPSA) is 135 Å². The van der Waals surface area contributed by atoms with Crippen LogP contribution in [0.3, 0.4) is 0 Å². The maximum atomic E-state index is 11.9. The average Bonchev–Trinajstić information content (AvgIpc) is 2.94. The van der Waals surface area contributed by atoms with E-state index in [1.807, 2.05) is 13.0 Å². The van der Waals surface area contributed by atoms with Crippen molar-refractivity contribution in [2.24, 2.45) is 0 Å². The number of hydrogen-bond acceptors (Lipinski definition) is 8. The van der Waals surface area contributed by atoms with E-state index in [9.17, 15) is 19.8 Å².